The van der Waals surface area contributed by atoms with Gasteiger partial charge in [0.1, 0.15) is 0 Å². The van der Waals surface area contributed by atoms with Crippen LogP contribution in [-0.2, 0) is 10.1 Å². The molecule has 0 radical (unpaired) electrons. The zero-order chi connectivity index (χ0) is 12.3. The van der Waals surface area contributed by atoms with Crippen LogP contribution in [-0.4, -0.2) is 18.0 Å². The summed E-state index contributed by atoms with van der Waals surface area (Å²) in [6, 6.07) is 13.5. The molecule has 2 aromatic rings. The maximum Gasteiger partial charge on any atom is 0.277 e. The van der Waals surface area contributed by atoms with Crippen molar-refractivity contribution in [2.75, 3.05) is 0 Å². The summed E-state index contributed by atoms with van der Waals surface area (Å²) in [4.78, 5) is 3.98. The fourth-order valence-electron chi connectivity index (χ4n) is 1.65. The third-order valence-electron chi connectivity index (χ3n) is 2.36. The highest BCUT2D eigenvalue weighted by Crippen LogP contribution is 2.27. The Morgan fingerprint density at radius 3 is 2.18 bits per heavy atom. The standard InChI is InChI=1S/C12H11NO3S/c14-17(15,16)12(10-6-2-1-3-7-10)11-8-4-5-9-13-11/h1-9,12H,(H,14,15,16). The lowest BCUT2D eigenvalue weighted by molar-refractivity contribution is 0.474. The topological polar surface area (TPSA) is 67.3 Å². The molecule has 0 spiro atoms. The van der Waals surface area contributed by atoms with Gasteiger partial charge in [0.05, 0.1) is 5.69 Å². The van der Waals surface area contributed by atoms with Crippen molar-refractivity contribution in [1.29, 1.82) is 0 Å². The van der Waals surface area contributed by atoms with Gasteiger partial charge in [-0.15, -0.1) is 0 Å². The first-order chi connectivity index (χ1) is 8.09. The number of hydrogen-bond donors (Lipinski definition) is 1. The molecule has 5 heteroatoms. The smallest absolute Gasteiger partial charge is 0.277 e. The molecular formula is C12H11NO3S. The average molecular weight is 249 g/mol. The highest BCUT2D eigenvalue weighted by Gasteiger charge is 2.27. The largest absolute Gasteiger partial charge is 0.285 e. The second kappa shape index (κ2) is 4.65. The van der Waals surface area contributed by atoms with Crippen molar-refractivity contribution in [1.82, 2.24) is 4.98 Å². The van der Waals surface area contributed by atoms with Gasteiger partial charge in [0, 0.05) is 6.20 Å². The second-order valence-corrected chi connectivity index (χ2v) is 5.06. The minimum absolute atomic E-state index is 0.307. The van der Waals surface area contributed by atoms with Crippen molar-refractivity contribution in [2.24, 2.45) is 0 Å². The normalized spacial score (nSPS) is 13.2. The van der Waals surface area contributed by atoms with Crippen molar-refractivity contribution in [3.63, 3.8) is 0 Å². The molecule has 88 valence electrons. The first kappa shape index (κ1) is 11.8. The minimum Gasteiger partial charge on any atom is -0.285 e. The molecule has 1 aromatic carbocycles. The molecule has 2 rings (SSSR count). The van der Waals surface area contributed by atoms with E-state index in [-0.39, 0.29) is 0 Å². The van der Waals surface area contributed by atoms with Crippen molar-refractivity contribution in [2.45, 2.75) is 5.25 Å². The monoisotopic (exact) mass is 249 g/mol. The Morgan fingerprint density at radius 2 is 1.65 bits per heavy atom. The van der Waals surface area contributed by atoms with E-state index in [4.69, 9.17) is 0 Å². The Bertz CT molecular complexity index is 542. The third kappa shape index (κ3) is 2.69. The molecular weight excluding hydrogens is 238 g/mol. The highest BCUT2D eigenvalue weighted by molar-refractivity contribution is 7.86. The van der Waals surface area contributed by atoms with Gasteiger partial charge in [0.25, 0.3) is 10.1 Å². The Hall–Kier alpha value is -1.72. The molecule has 0 saturated carbocycles. The summed E-state index contributed by atoms with van der Waals surface area (Å²) in [6.07, 6.45) is 1.50. The van der Waals surface area contributed by atoms with Crippen LogP contribution >= 0.6 is 0 Å². The number of aromatic nitrogens is 1. The molecule has 1 heterocycles. The van der Waals surface area contributed by atoms with Crippen LogP contribution in [0, 0.1) is 0 Å². The Balaban J connectivity index is 2.56. The number of rotatable bonds is 3. The van der Waals surface area contributed by atoms with E-state index in [1.165, 1.54) is 6.20 Å². The fourth-order valence-corrected chi connectivity index (χ4v) is 2.60. The first-order valence-corrected chi connectivity index (χ1v) is 6.51. The van der Waals surface area contributed by atoms with Crippen molar-refractivity contribution >= 4 is 10.1 Å². The van der Waals surface area contributed by atoms with E-state index >= 15 is 0 Å². The minimum atomic E-state index is -4.23. The SMILES string of the molecule is O=S(=O)(O)C(c1ccccc1)c1ccccn1. The summed E-state index contributed by atoms with van der Waals surface area (Å²) in [5, 5.41) is -1.13. The summed E-state index contributed by atoms with van der Waals surface area (Å²) >= 11 is 0. The lowest BCUT2D eigenvalue weighted by atomic mass is 10.1. The maximum atomic E-state index is 11.4. The molecule has 0 aliphatic rings. The number of pyridine rings is 1. The number of nitrogens with zero attached hydrogens (tertiary/aromatic N) is 1. The molecule has 0 aliphatic heterocycles. The van der Waals surface area contributed by atoms with Gasteiger partial charge in [-0.1, -0.05) is 36.4 Å². The van der Waals surface area contributed by atoms with E-state index in [1.54, 1.807) is 48.5 Å². The van der Waals surface area contributed by atoms with Crippen LogP contribution in [0.3, 0.4) is 0 Å². The molecule has 1 unspecified atom stereocenters. The predicted octanol–water partition coefficient (Wildman–Crippen LogP) is 2.06. The molecule has 0 fully saturated rings. The van der Waals surface area contributed by atoms with Gasteiger partial charge in [0.2, 0.25) is 0 Å². The van der Waals surface area contributed by atoms with Gasteiger partial charge in [-0.3, -0.25) is 9.54 Å². The molecule has 4 nitrogen and oxygen atoms in total. The average Bonchev–Trinajstić information content (AvgIpc) is 2.30. The second-order valence-electron chi connectivity index (χ2n) is 3.56. The van der Waals surface area contributed by atoms with Crippen LogP contribution in [0.25, 0.3) is 0 Å². The summed E-state index contributed by atoms with van der Waals surface area (Å²) in [6.45, 7) is 0. The molecule has 1 N–H and O–H groups in total. The van der Waals surface area contributed by atoms with Crippen LogP contribution in [0.4, 0.5) is 0 Å². The van der Waals surface area contributed by atoms with E-state index in [9.17, 15) is 13.0 Å². The Labute approximate surface area is 99.7 Å². The van der Waals surface area contributed by atoms with Gasteiger partial charge in [0.15, 0.2) is 5.25 Å². The quantitative estimate of drug-likeness (QED) is 0.845. The summed E-state index contributed by atoms with van der Waals surface area (Å²) in [5.41, 5.74) is 0.801. The van der Waals surface area contributed by atoms with Gasteiger partial charge in [-0.05, 0) is 17.7 Å². The van der Waals surface area contributed by atoms with Crippen molar-refractivity contribution in [3.05, 3.63) is 66.0 Å². The molecule has 0 saturated heterocycles. The third-order valence-corrected chi connectivity index (χ3v) is 3.47. The fraction of sp³-hybridized carbons (Fsp3) is 0.0833. The van der Waals surface area contributed by atoms with Crippen LogP contribution in [0.5, 0.6) is 0 Å². The number of hydrogen-bond acceptors (Lipinski definition) is 3. The Kier molecular flexibility index (Phi) is 3.21. The zero-order valence-corrected chi connectivity index (χ0v) is 9.71. The zero-order valence-electron chi connectivity index (χ0n) is 8.89. The molecule has 0 amide bonds. The van der Waals surface area contributed by atoms with Gasteiger partial charge < -0.3 is 0 Å². The molecule has 0 aliphatic carbocycles. The molecule has 1 aromatic heterocycles. The predicted molar refractivity (Wildman–Crippen MR) is 64.1 cm³/mol. The van der Waals surface area contributed by atoms with Crippen LogP contribution in [0.1, 0.15) is 16.5 Å². The van der Waals surface area contributed by atoms with E-state index in [2.05, 4.69) is 4.98 Å². The van der Waals surface area contributed by atoms with Gasteiger partial charge >= 0.3 is 0 Å². The molecule has 17 heavy (non-hydrogen) atoms. The van der Waals surface area contributed by atoms with E-state index < -0.39 is 15.4 Å². The Morgan fingerprint density at radius 1 is 1.00 bits per heavy atom. The lowest BCUT2D eigenvalue weighted by Gasteiger charge is -2.13. The van der Waals surface area contributed by atoms with E-state index in [1.807, 2.05) is 0 Å². The first-order valence-electron chi connectivity index (χ1n) is 5.01. The molecule has 0 bridgehead atoms. The van der Waals surface area contributed by atoms with Gasteiger partial charge in [-0.2, -0.15) is 8.42 Å². The van der Waals surface area contributed by atoms with E-state index in [0.717, 1.165) is 0 Å². The van der Waals surface area contributed by atoms with Crippen LogP contribution in [0.15, 0.2) is 54.7 Å². The van der Waals surface area contributed by atoms with E-state index in [0.29, 0.717) is 11.3 Å². The van der Waals surface area contributed by atoms with Crippen LogP contribution in [0.2, 0.25) is 0 Å². The lowest BCUT2D eigenvalue weighted by Crippen LogP contribution is -2.14. The summed E-state index contributed by atoms with van der Waals surface area (Å²) < 4.78 is 32.2. The highest BCUT2D eigenvalue weighted by atomic mass is 32.2. The summed E-state index contributed by atoms with van der Waals surface area (Å²) in [7, 11) is -4.23. The summed E-state index contributed by atoms with van der Waals surface area (Å²) in [5.74, 6) is 0. The van der Waals surface area contributed by atoms with Crippen molar-refractivity contribution < 1.29 is 13.0 Å². The maximum absolute atomic E-state index is 11.4. The molecule has 1 atom stereocenters. The number of benzene rings is 1. The van der Waals surface area contributed by atoms with Gasteiger partial charge in [-0.25, -0.2) is 0 Å². The van der Waals surface area contributed by atoms with Crippen LogP contribution < -0.4 is 0 Å². The van der Waals surface area contributed by atoms with Crippen molar-refractivity contribution in [3.8, 4) is 0 Å².